The highest BCUT2D eigenvalue weighted by atomic mass is 16.5. The molecule has 1 spiro atoms. The van der Waals surface area contributed by atoms with Crippen LogP contribution >= 0.6 is 0 Å². The van der Waals surface area contributed by atoms with Crippen LogP contribution in [-0.2, 0) is 4.74 Å². The average Bonchev–Trinajstić information content (AvgIpc) is 2.59. The number of hydrogen-bond donors (Lipinski definition) is 1. The average molecular weight is 210 g/mol. The third kappa shape index (κ3) is 1.24. The lowest BCUT2D eigenvalue weighted by atomic mass is 9.59. The molecule has 4 atom stereocenters. The van der Waals surface area contributed by atoms with E-state index >= 15 is 0 Å². The van der Waals surface area contributed by atoms with E-state index in [1.54, 1.807) is 7.11 Å². The van der Waals surface area contributed by atoms with Crippen molar-refractivity contribution >= 4 is 0 Å². The fraction of sp³-hybridized carbons (Fsp3) is 1.00. The van der Waals surface area contributed by atoms with E-state index in [1.165, 1.54) is 32.1 Å². The highest BCUT2D eigenvalue weighted by Crippen LogP contribution is 2.62. The van der Waals surface area contributed by atoms with Gasteiger partial charge in [-0.25, -0.2) is 0 Å². The van der Waals surface area contributed by atoms with E-state index < -0.39 is 0 Å². The van der Waals surface area contributed by atoms with Crippen LogP contribution in [0.1, 0.15) is 51.4 Å². The molecule has 0 aromatic rings. The van der Waals surface area contributed by atoms with Crippen molar-refractivity contribution in [3.8, 4) is 0 Å². The summed E-state index contributed by atoms with van der Waals surface area (Å²) in [5.74, 6) is 0.784. The second-order valence-electron chi connectivity index (χ2n) is 6.00. The molecule has 2 heteroatoms. The molecule has 3 saturated carbocycles. The van der Waals surface area contributed by atoms with Crippen LogP contribution in [0, 0.1) is 11.3 Å². The summed E-state index contributed by atoms with van der Waals surface area (Å²) in [5, 5.41) is 10.3. The molecule has 3 aliphatic rings. The Hall–Kier alpha value is -0.0800. The van der Waals surface area contributed by atoms with Gasteiger partial charge in [-0.15, -0.1) is 0 Å². The van der Waals surface area contributed by atoms with Gasteiger partial charge in [0.15, 0.2) is 0 Å². The molecule has 0 saturated heterocycles. The monoisotopic (exact) mass is 210 g/mol. The van der Waals surface area contributed by atoms with Crippen molar-refractivity contribution < 1.29 is 9.84 Å². The molecule has 0 unspecified atom stereocenters. The summed E-state index contributed by atoms with van der Waals surface area (Å²) in [4.78, 5) is 0. The Kier molecular flexibility index (Phi) is 2.16. The minimum absolute atomic E-state index is 0.173. The summed E-state index contributed by atoms with van der Waals surface area (Å²) in [6.45, 7) is 0. The van der Waals surface area contributed by atoms with Crippen LogP contribution in [0.3, 0.4) is 0 Å². The first-order valence-electron chi connectivity index (χ1n) is 6.44. The smallest absolute Gasteiger partial charge is 0.0942 e. The van der Waals surface area contributed by atoms with Gasteiger partial charge in [0, 0.05) is 7.11 Å². The normalized spacial score (nSPS) is 54.0. The Morgan fingerprint density at radius 1 is 1.20 bits per heavy atom. The molecule has 0 radical (unpaired) electrons. The molecule has 0 aromatic carbocycles. The maximum absolute atomic E-state index is 10.3. The molecule has 0 heterocycles. The summed E-state index contributed by atoms with van der Waals surface area (Å²) in [5.41, 5.74) is 0.376. The second kappa shape index (κ2) is 3.21. The number of rotatable bonds is 1. The van der Waals surface area contributed by atoms with Crippen LogP contribution in [0.4, 0.5) is 0 Å². The topological polar surface area (TPSA) is 29.5 Å². The lowest BCUT2D eigenvalue weighted by Gasteiger charge is -2.49. The summed E-state index contributed by atoms with van der Waals surface area (Å²) in [6.07, 6.45) is 9.79. The Labute approximate surface area is 92.0 Å². The van der Waals surface area contributed by atoms with Crippen molar-refractivity contribution in [3.05, 3.63) is 0 Å². The van der Waals surface area contributed by atoms with Crippen LogP contribution < -0.4 is 0 Å². The van der Waals surface area contributed by atoms with Crippen molar-refractivity contribution in [1.29, 1.82) is 0 Å². The Balaban J connectivity index is 1.91. The molecular formula is C13H22O2. The summed E-state index contributed by atoms with van der Waals surface area (Å²) >= 11 is 0. The Morgan fingerprint density at radius 3 is 2.87 bits per heavy atom. The Morgan fingerprint density at radius 2 is 2.07 bits per heavy atom. The summed E-state index contributed by atoms with van der Waals surface area (Å²) in [7, 11) is 1.78. The van der Waals surface area contributed by atoms with Crippen LogP contribution in [0.5, 0.6) is 0 Å². The maximum Gasteiger partial charge on any atom is 0.0942 e. The standard InChI is InChI=1S/C13H22O2/c1-15-13-7-6-12(9-13)5-3-2-4-10(12)8-11(13)14/h10-11,14H,2-9H2,1H3/t10-,11+,12+,13+/m0/s1. The van der Waals surface area contributed by atoms with Gasteiger partial charge < -0.3 is 9.84 Å². The van der Waals surface area contributed by atoms with E-state index in [4.69, 9.17) is 4.74 Å². The molecule has 86 valence electrons. The molecule has 2 nitrogen and oxygen atoms in total. The third-order valence-corrected chi connectivity index (χ3v) is 5.56. The minimum Gasteiger partial charge on any atom is -0.390 e. The maximum atomic E-state index is 10.3. The van der Waals surface area contributed by atoms with Gasteiger partial charge in [-0.2, -0.15) is 0 Å². The first-order valence-corrected chi connectivity index (χ1v) is 6.44. The van der Waals surface area contributed by atoms with E-state index in [0.29, 0.717) is 5.41 Å². The van der Waals surface area contributed by atoms with Crippen molar-refractivity contribution in [2.45, 2.75) is 63.1 Å². The molecule has 15 heavy (non-hydrogen) atoms. The first kappa shape index (κ1) is 10.1. The van der Waals surface area contributed by atoms with Gasteiger partial charge in [-0.05, 0) is 49.9 Å². The van der Waals surface area contributed by atoms with Crippen molar-refractivity contribution in [2.75, 3.05) is 7.11 Å². The highest BCUT2D eigenvalue weighted by Gasteiger charge is 2.60. The Bertz CT molecular complexity index is 265. The van der Waals surface area contributed by atoms with E-state index in [1.807, 2.05) is 0 Å². The van der Waals surface area contributed by atoms with Gasteiger partial charge >= 0.3 is 0 Å². The van der Waals surface area contributed by atoms with E-state index in [9.17, 15) is 5.11 Å². The number of aliphatic hydroxyl groups excluding tert-OH is 1. The quantitative estimate of drug-likeness (QED) is 0.720. The number of ether oxygens (including phenoxy) is 1. The largest absolute Gasteiger partial charge is 0.390 e. The molecule has 2 bridgehead atoms. The van der Waals surface area contributed by atoms with Gasteiger partial charge in [-0.1, -0.05) is 12.8 Å². The van der Waals surface area contributed by atoms with Gasteiger partial charge in [0.2, 0.25) is 0 Å². The van der Waals surface area contributed by atoms with Crippen molar-refractivity contribution in [3.63, 3.8) is 0 Å². The lowest BCUT2D eigenvalue weighted by molar-refractivity contribution is -0.145. The van der Waals surface area contributed by atoms with Crippen LogP contribution in [-0.4, -0.2) is 23.9 Å². The zero-order valence-electron chi connectivity index (χ0n) is 9.67. The predicted molar refractivity (Wildman–Crippen MR) is 58.6 cm³/mol. The molecule has 3 fully saturated rings. The molecule has 3 rings (SSSR count). The molecule has 0 aliphatic heterocycles. The van der Waals surface area contributed by atoms with Gasteiger partial charge in [-0.3, -0.25) is 0 Å². The number of hydrogen-bond acceptors (Lipinski definition) is 2. The SMILES string of the molecule is CO[C@@]12CC[C@]3(CCCC[C@H]3C[C@H]1O)C2. The molecule has 1 N–H and O–H groups in total. The predicted octanol–water partition coefficient (Wildman–Crippen LogP) is 2.50. The highest BCUT2D eigenvalue weighted by molar-refractivity contribution is 5.11. The van der Waals surface area contributed by atoms with Gasteiger partial charge in [0.25, 0.3) is 0 Å². The number of methoxy groups -OCH3 is 1. The zero-order chi connectivity index (χ0) is 10.5. The van der Waals surface area contributed by atoms with Crippen LogP contribution in [0.25, 0.3) is 0 Å². The zero-order valence-corrected chi connectivity index (χ0v) is 9.67. The first-order chi connectivity index (χ1) is 7.21. The van der Waals surface area contributed by atoms with Crippen LogP contribution in [0.15, 0.2) is 0 Å². The molecule has 0 amide bonds. The molecule has 0 aromatic heterocycles. The van der Waals surface area contributed by atoms with Crippen molar-refractivity contribution in [2.24, 2.45) is 11.3 Å². The van der Waals surface area contributed by atoms with Gasteiger partial charge in [0.1, 0.15) is 0 Å². The van der Waals surface area contributed by atoms with Crippen LogP contribution in [0.2, 0.25) is 0 Å². The van der Waals surface area contributed by atoms with E-state index in [2.05, 4.69) is 0 Å². The molecular weight excluding hydrogens is 188 g/mol. The molecule has 3 aliphatic carbocycles. The van der Waals surface area contributed by atoms with E-state index in [0.717, 1.165) is 25.2 Å². The van der Waals surface area contributed by atoms with E-state index in [-0.39, 0.29) is 11.7 Å². The number of fused-ring (bicyclic) bond motifs is 1. The second-order valence-corrected chi connectivity index (χ2v) is 6.00. The van der Waals surface area contributed by atoms with Crippen molar-refractivity contribution in [1.82, 2.24) is 0 Å². The number of aliphatic hydroxyl groups is 1. The summed E-state index contributed by atoms with van der Waals surface area (Å²) in [6, 6.07) is 0. The summed E-state index contributed by atoms with van der Waals surface area (Å²) < 4.78 is 5.68. The minimum atomic E-state index is -0.207. The fourth-order valence-electron chi connectivity index (χ4n) is 4.62. The lowest BCUT2D eigenvalue weighted by Crippen LogP contribution is -2.50. The van der Waals surface area contributed by atoms with Gasteiger partial charge in [0.05, 0.1) is 11.7 Å². The fourth-order valence-corrected chi connectivity index (χ4v) is 4.62. The third-order valence-electron chi connectivity index (χ3n) is 5.56.